The summed E-state index contributed by atoms with van der Waals surface area (Å²) in [5.41, 5.74) is 1.28. The number of amides is 1. The molecule has 1 N–H and O–H groups in total. The second kappa shape index (κ2) is 8.69. The molecule has 1 amide bonds. The Labute approximate surface area is 170 Å². The van der Waals surface area contributed by atoms with Crippen molar-refractivity contribution in [1.82, 2.24) is 4.98 Å². The topological polar surface area (TPSA) is 68.3 Å². The summed E-state index contributed by atoms with van der Waals surface area (Å²) in [4.78, 5) is 28.7. The Hall–Kier alpha value is -2.15. The number of esters is 1. The van der Waals surface area contributed by atoms with E-state index in [0.29, 0.717) is 17.1 Å². The lowest BCUT2D eigenvalue weighted by Gasteiger charge is -2.14. The van der Waals surface area contributed by atoms with Gasteiger partial charge < -0.3 is 10.1 Å². The number of hydrogen-bond acceptors (Lipinski definition) is 5. The minimum Gasteiger partial charge on any atom is -0.453 e. The van der Waals surface area contributed by atoms with Crippen molar-refractivity contribution in [2.24, 2.45) is 0 Å². The zero-order valence-corrected chi connectivity index (χ0v) is 16.7. The summed E-state index contributed by atoms with van der Waals surface area (Å²) in [7, 11) is 0. The molecular weight excluding hydrogens is 407 g/mol. The van der Waals surface area contributed by atoms with Gasteiger partial charge in [-0.05, 0) is 31.2 Å². The number of ether oxygens (including phenoxy) is 1. The van der Waals surface area contributed by atoms with Crippen LogP contribution in [0.1, 0.15) is 18.4 Å². The first-order chi connectivity index (χ1) is 12.9. The summed E-state index contributed by atoms with van der Waals surface area (Å²) in [5, 5.41) is 4.03. The molecule has 1 heterocycles. The average Bonchev–Trinajstić information content (AvgIpc) is 3.06. The Balaban J connectivity index is 1.52. The van der Waals surface area contributed by atoms with E-state index < -0.39 is 18.0 Å². The second-order valence-corrected chi connectivity index (χ2v) is 7.70. The molecule has 2 aromatic carbocycles. The van der Waals surface area contributed by atoms with Gasteiger partial charge in [0.15, 0.2) is 6.10 Å². The van der Waals surface area contributed by atoms with Crippen LogP contribution in [0.4, 0.5) is 5.69 Å². The fraction of sp³-hybridized carbons (Fsp3) is 0.211. The first-order valence-corrected chi connectivity index (χ1v) is 9.80. The zero-order chi connectivity index (χ0) is 19.4. The minimum absolute atomic E-state index is 0.148. The maximum absolute atomic E-state index is 12.2. The fourth-order valence-electron chi connectivity index (χ4n) is 2.38. The fourth-order valence-corrected chi connectivity index (χ4v) is 3.69. The zero-order valence-electron chi connectivity index (χ0n) is 14.4. The van der Waals surface area contributed by atoms with E-state index in [1.165, 1.54) is 6.92 Å². The van der Waals surface area contributed by atoms with Crippen LogP contribution in [0.5, 0.6) is 0 Å². The monoisotopic (exact) mass is 422 g/mol. The van der Waals surface area contributed by atoms with Crippen LogP contribution in [-0.2, 0) is 20.7 Å². The first kappa shape index (κ1) is 19.6. The van der Waals surface area contributed by atoms with E-state index >= 15 is 0 Å². The highest BCUT2D eigenvalue weighted by Crippen LogP contribution is 2.29. The molecule has 0 bridgehead atoms. The molecule has 0 radical (unpaired) electrons. The van der Waals surface area contributed by atoms with E-state index in [9.17, 15) is 9.59 Å². The molecule has 140 valence electrons. The first-order valence-electron chi connectivity index (χ1n) is 8.23. The molecule has 3 rings (SSSR count). The van der Waals surface area contributed by atoms with Crippen LogP contribution in [0.3, 0.4) is 0 Å². The summed E-state index contributed by atoms with van der Waals surface area (Å²) >= 11 is 13.5. The van der Waals surface area contributed by atoms with Gasteiger partial charge in [-0.15, -0.1) is 11.3 Å². The summed E-state index contributed by atoms with van der Waals surface area (Å²) in [6.45, 7) is 1.50. The van der Waals surface area contributed by atoms with Crippen molar-refractivity contribution in [1.29, 1.82) is 0 Å². The lowest BCUT2D eigenvalue weighted by atomic mass is 10.3. The van der Waals surface area contributed by atoms with Crippen molar-refractivity contribution in [2.45, 2.75) is 25.9 Å². The Morgan fingerprint density at radius 3 is 2.74 bits per heavy atom. The number of para-hydroxylation sites is 1. The Bertz CT molecular complexity index is 957. The van der Waals surface area contributed by atoms with Gasteiger partial charge in [0, 0.05) is 6.42 Å². The minimum atomic E-state index is -0.956. The third kappa shape index (κ3) is 4.97. The number of nitrogens with one attached hydrogen (secondary N) is 1. The Morgan fingerprint density at radius 1 is 1.19 bits per heavy atom. The summed E-state index contributed by atoms with van der Waals surface area (Å²) in [6, 6.07) is 12.7. The number of nitrogens with zero attached hydrogens (tertiary/aromatic N) is 1. The molecule has 0 aliphatic carbocycles. The third-order valence-electron chi connectivity index (χ3n) is 3.77. The highest BCUT2D eigenvalue weighted by molar-refractivity contribution is 7.18. The van der Waals surface area contributed by atoms with Crippen LogP contribution in [0.2, 0.25) is 10.0 Å². The molecule has 1 atom stereocenters. The average molecular weight is 423 g/mol. The van der Waals surface area contributed by atoms with Gasteiger partial charge in [-0.25, -0.2) is 4.98 Å². The van der Waals surface area contributed by atoms with Crippen LogP contribution < -0.4 is 5.32 Å². The number of rotatable bonds is 6. The number of hydrogen-bond donors (Lipinski definition) is 1. The number of anilines is 1. The molecule has 27 heavy (non-hydrogen) atoms. The van der Waals surface area contributed by atoms with Crippen molar-refractivity contribution >= 4 is 62.3 Å². The van der Waals surface area contributed by atoms with Crippen LogP contribution in [-0.4, -0.2) is 23.0 Å². The highest BCUT2D eigenvalue weighted by atomic mass is 35.5. The van der Waals surface area contributed by atoms with E-state index in [1.807, 2.05) is 24.3 Å². The molecule has 0 saturated heterocycles. The van der Waals surface area contributed by atoms with E-state index in [1.54, 1.807) is 29.5 Å². The number of aromatic nitrogens is 1. The van der Waals surface area contributed by atoms with Crippen molar-refractivity contribution in [3.8, 4) is 0 Å². The van der Waals surface area contributed by atoms with Gasteiger partial charge in [-0.2, -0.15) is 0 Å². The quantitative estimate of drug-likeness (QED) is 0.560. The number of aryl methyl sites for hydroxylation is 1. The molecular formula is C19H16Cl2N2O3S. The maximum atomic E-state index is 12.2. The number of thiazole rings is 1. The molecule has 0 aliphatic heterocycles. The Morgan fingerprint density at radius 2 is 1.96 bits per heavy atom. The molecule has 5 nitrogen and oxygen atoms in total. The molecule has 1 aromatic heterocycles. The number of carbonyl (C=O) groups excluding carboxylic acids is 2. The van der Waals surface area contributed by atoms with Crippen LogP contribution >= 0.6 is 34.5 Å². The standard InChI is InChI=1S/C19H16Cl2N2O3S/c1-11(19(25)23-14-7-4-5-12(20)18(14)21)26-17(24)10-9-16-22-13-6-2-3-8-15(13)27-16/h2-8,11H,9-10H2,1H3,(H,23,25). The SMILES string of the molecule is CC(OC(=O)CCc1nc2ccccc2s1)C(=O)Nc1cccc(Cl)c1Cl. The smallest absolute Gasteiger partial charge is 0.306 e. The van der Waals surface area contributed by atoms with Gasteiger partial charge in [-0.3, -0.25) is 9.59 Å². The normalized spacial score (nSPS) is 12.0. The predicted octanol–water partition coefficient (Wildman–Crippen LogP) is 5.11. The maximum Gasteiger partial charge on any atom is 0.306 e. The number of benzene rings is 2. The molecule has 8 heteroatoms. The molecule has 0 saturated carbocycles. The summed E-state index contributed by atoms with van der Waals surface area (Å²) < 4.78 is 6.28. The van der Waals surface area contributed by atoms with Gasteiger partial charge in [0.1, 0.15) is 0 Å². The third-order valence-corrected chi connectivity index (χ3v) is 5.68. The highest BCUT2D eigenvalue weighted by Gasteiger charge is 2.19. The predicted molar refractivity (Wildman–Crippen MR) is 109 cm³/mol. The van der Waals surface area contributed by atoms with Crippen LogP contribution in [0.15, 0.2) is 42.5 Å². The molecule has 0 fully saturated rings. The largest absolute Gasteiger partial charge is 0.453 e. The number of carbonyl (C=O) groups is 2. The molecule has 1 unspecified atom stereocenters. The van der Waals surface area contributed by atoms with Gasteiger partial charge in [-0.1, -0.05) is 41.4 Å². The number of fused-ring (bicyclic) bond motifs is 1. The van der Waals surface area contributed by atoms with Crippen molar-refractivity contribution < 1.29 is 14.3 Å². The van der Waals surface area contributed by atoms with E-state index in [-0.39, 0.29) is 11.4 Å². The molecule has 0 aliphatic rings. The number of halogens is 2. The summed E-state index contributed by atoms with van der Waals surface area (Å²) in [5.74, 6) is -0.943. The van der Waals surface area contributed by atoms with Gasteiger partial charge in [0.25, 0.3) is 5.91 Å². The molecule has 0 spiro atoms. The van der Waals surface area contributed by atoms with Crippen LogP contribution in [0, 0.1) is 0 Å². The second-order valence-electron chi connectivity index (χ2n) is 5.80. The lowest BCUT2D eigenvalue weighted by Crippen LogP contribution is -2.30. The van der Waals surface area contributed by atoms with Crippen molar-refractivity contribution in [2.75, 3.05) is 5.32 Å². The summed E-state index contributed by atoms with van der Waals surface area (Å²) in [6.07, 6.45) is -0.343. The van der Waals surface area contributed by atoms with Crippen LogP contribution in [0.25, 0.3) is 10.2 Å². The van der Waals surface area contributed by atoms with Gasteiger partial charge >= 0.3 is 5.97 Å². The van der Waals surface area contributed by atoms with E-state index in [0.717, 1.165) is 15.2 Å². The van der Waals surface area contributed by atoms with Crippen molar-refractivity contribution in [3.05, 3.63) is 57.5 Å². The van der Waals surface area contributed by atoms with Crippen molar-refractivity contribution in [3.63, 3.8) is 0 Å². The van der Waals surface area contributed by atoms with Gasteiger partial charge in [0.05, 0.1) is 37.4 Å². The van der Waals surface area contributed by atoms with E-state index in [2.05, 4.69) is 10.3 Å². The van der Waals surface area contributed by atoms with E-state index in [4.69, 9.17) is 27.9 Å². The molecule has 3 aromatic rings. The Kier molecular flexibility index (Phi) is 6.31. The lowest BCUT2D eigenvalue weighted by molar-refractivity contribution is -0.153. The van der Waals surface area contributed by atoms with Gasteiger partial charge in [0.2, 0.25) is 0 Å².